The molecule has 20 atom stereocenters. The Morgan fingerprint density at radius 3 is 1.56 bits per heavy atom. The number of nitrogens with zero attached hydrogens (tertiary/aromatic N) is 4. The third-order valence-electron chi connectivity index (χ3n) is 14.5. The first-order chi connectivity index (χ1) is 27.4. The molecule has 0 spiro atoms. The van der Waals surface area contributed by atoms with E-state index >= 15 is 0 Å². The molecule has 0 bridgehead atoms. The average molecular weight is 993 g/mol. The molecule has 0 heterocycles. The maximum Gasteiger partial charge on any atom is 1.00 e. The van der Waals surface area contributed by atoms with Gasteiger partial charge in [-0.25, -0.2) is 16.8 Å². The van der Waals surface area contributed by atoms with Gasteiger partial charge in [-0.3, -0.25) is 10.1 Å². The van der Waals surface area contributed by atoms with Gasteiger partial charge in [0.25, 0.3) is 0 Å². The number of aliphatic hydroxyl groups excluding tert-OH is 2. The minimum Gasteiger partial charge on any atom is -0.748 e. The van der Waals surface area contributed by atoms with Crippen LogP contribution in [-0.2, 0) is 39.0 Å². The Labute approximate surface area is 461 Å². The molecule has 334 valence electrons. The molecule has 6 rings (SSSR count). The summed E-state index contributed by atoms with van der Waals surface area (Å²) in [6.45, 7) is 4.21. The molecule has 20 nitrogen and oxygen atoms in total. The summed E-state index contributed by atoms with van der Waals surface area (Å²) in [6.07, 6.45) is 3.73. The Morgan fingerprint density at radius 1 is 0.581 bits per heavy atom. The largest absolute Gasteiger partial charge is 1.00 e. The van der Waals surface area contributed by atoms with Crippen molar-refractivity contribution < 1.29 is 184 Å². The third-order valence-corrected chi connectivity index (χ3v) is 18.5. The van der Waals surface area contributed by atoms with Gasteiger partial charge >= 0.3 is 118 Å². The molecule has 6 fully saturated rings. The topological polar surface area (TPSA) is 339 Å². The number of rotatable bonds is 13. The minimum atomic E-state index is -4.84. The molecule has 0 aromatic rings. The normalized spacial score (nSPS) is 43.8. The second kappa shape index (κ2) is 27.2. The Kier molecular flexibility index (Phi) is 27.0. The molecule has 0 saturated heterocycles. The fraction of sp³-hybridized carbons (Fsp3) is 1.00. The second-order valence-corrected chi connectivity index (χ2v) is 23.0. The zero-order valence-corrected chi connectivity index (χ0v) is 47.7. The van der Waals surface area contributed by atoms with Crippen LogP contribution in [0.15, 0.2) is 20.5 Å². The van der Waals surface area contributed by atoms with E-state index in [4.69, 9.17) is 16.6 Å². The maximum atomic E-state index is 12.5. The number of hydrogen-bond donors (Lipinski definition) is 4. The minimum absolute atomic E-state index is 0. The van der Waals surface area contributed by atoms with E-state index in [0.29, 0.717) is 49.6 Å². The van der Waals surface area contributed by atoms with E-state index in [2.05, 4.69) is 47.9 Å². The van der Waals surface area contributed by atoms with E-state index < -0.39 is 90.1 Å². The van der Waals surface area contributed by atoms with Crippen LogP contribution < -0.4 is 140 Å². The molecule has 6 aliphatic rings. The summed E-state index contributed by atoms with van der Waals surface area (Å²) in [5.41, 5.74) is 12.8. The van der Waals surface area contributed by atoms with Crippen molar-refractivity contribution in [1.82, 2.24) is 0 Å². The monoisotopic (exact) mass is 992 g/mol. The van der Waals surface area contributed by atoms with Crippen molar-refractivity contribution in [3.05, 3.63) is 0 Å². The molecule has 28 heteroatoms. The number of azo groups is 2. The first-order valence-corrected chi connectivity index (χ1v) is 24.8. The molecule has 6 N–H and O–H groups in total. The SMILES string of the molecule is CC1CC(C2CCC(N=NC3C(O)C4C(N)CC(SOO[O-])CC4CC3S(=O)(=O)[O-])C(C)C2)CCC1N=NC1C(SOO[O-])CC2CC(S(=O)(=O)[O-])CC(N)C2C1O.[Na+].[Na+].[Na+].[Na+]. The van der Waals surface area contributed by atoms with E-state index in [1.165, 1.54) is 0 Å². The molecule has 62 heavy (non-hydrogen) atoms. The summed E-state index contributed by atoms with van der Waals surface area (Å²) >= 11 is 1.49. The van der Waals surface area contributed by atoms with Gasteiger partial charge in [0.1, 0.15) is 12.1 Å². The van der Waals surface area contributed by atoms with Crippen molar-refractivity contribution >= 4 is 44.3 Å². The van der Waals surface area contributed by atoms with Crippen LogP contribution in [0.5, 0.6) is 0 Å². The van der Waals surface area contributed by atoms with Gasteiger partial charge < -0.3 is 41.3 Å². The van der Waals surface area contributed by atoms with Gasteiger partial charge in [0.15, 0.2) is 0 Å². The van der Waals surface area contributed by atoms with Crippen LogP contribution in [0.25, 0.3) is 0 Å². The molecule has 20 unspecified atom stereocenters. The summed E-state index contributed by atoms with van der Waals surface area (Å²) in [7, 11) is -9.42. The van der Waals surface area contributed by atoms with Crippen LogP contribution in [0.3, 0.4) is 0 Å². The van der Waals surface area contributed by atoms with Crippen LogP contribution in [0, 0.1) is 47.3 Å². The van der Waals surface area contributed by atoms with Crippen LogP contribution >= 0.6 is 24.1 Å². The van der Waals surface area contributed by atoms with Crippen molar-refractivity contribution in [3.63, 3.8) is 0 Å². The van der Waals surface area contributed by atoms with Crippen molar-refractivity contribution in [1.29, 1.82) is 0 Å². The molecule has 0 amide bonds. The third kappa shape index (κ3) is 15.2. The average Bonchev–Trinajstić information content (AvgIpc) is 3.15. The number of aliphatic hydroxyl groups is 2. The second-order valence-electron chi connectivity index (χ2n) is 17.8. The Bertz CT molecular complexity index is 1680. The van der Waals surface area contributed by atoms with Crippen LogP contribution in [0.1, 0.15) is 90.9 Å². The van der Waals surface area contributed by atoms with E-state index in [1.807, 2.05) is 0 Å². The first kappa shape index (κ1) is 61.4. The summed E-state index contributed by atoms with van der Waals surface area (Å²) in [6, 6.07) is -3.62. The zero-order valence-electron chi connectivity index (χ0n) is 36.4. The molecular formula is C34H56N6Na4O14S4. The van der Waals surface area contributed by atoms with Gasteiger partial charge in [-0.05, 0) is 113 Å². The standard InChI is InChI=1S/C34H60N6O14S4.4Na/c1-15-7-17(3-5-25(15)37-39-31-27(56-54-52-44)11-20-10-22(57(45,46)47)14-24(36)30(20)33(31)41)18-4-6-26(16(2)8-18)38-40-32-28(58(48,49)50)12-19-9-21(55-53-51-43)13-23(35)29(19)34(32)42;;;;/h15-34,41-44H,3-14,35-36H2,1-2H3,(H,45,46,47)(H,48,49,50);;;;/q;4*+1/p-4. The summed E-state index contributed by atoms with van der Waals surface area (Å²) in [5, 5.41) is 65.7. The van der Waals surface area contributed by atoms with E-state index in [-0.39, 0.29) is 173 Å². The molecule has 0 aliphatic heterocycles. The van der Waals surface area contributed by atoms with Gasteiger partial charge in [0, 0.05) is 53.3 Å². The number of nitrogens with two attached hydrogens (primary N) is 2. The molecule has 0 radical (unpaired) electrons. The van der Waals surface area contributed by atoms with Gasteiger partial charge in [-0.1, -0.05) is 13.8 Å². The summed E-state index contributed by atoms with van der Waals surface area (Å²) in [5.74, 6) is -0.660. The molecule has 0 aromatic heterocycles. The number of fused-ring (bicyclic) bond motifs is 2. The predicted molar refractivity (Wildman–Crippen MR) is 202 cm³/mol. The van der Waals surface area contributed by atoms with Gasteiger partial charge in [-0.15, -0.1) is 0 Å². The quantitative estimate of drug-likeness (QED) is 0.0332. The molecule has 6 aliphatic carbocycles. The van der Waals surface area contributed by atoms with Crippen molar-refractivity contribution in [3.8, 4) is 0 Å². The van der Waals surface area contributed by atoms with Crippen LogP contribution in [0.4, 0.5) is 0 Å². The van der Waals surface area contributed by atoms with E-state index in [1.54, 1.807) is 0 Å². The van der Waals surface area contributed by atoms with Gasteiger partial charge in [0.05, 0.1) is 60.3 Å². The van der Waals surface area contributed by atoms with Crippen LogP contribution in [-0.4, -0.2) is 106 Å². The van der Waals surface area contributed by atoms with Gasteiger partial charge in [-0.2, -0.15) is 29.1 Å². The summed E-state index contributed by atoms with van der Waals surface area (Å²) < 4.78 is 81.9. The fourth-order valence-electron chi connectivity index (χ4n) is 11.6. The molecule has 0 aromatic carbocycles. The smallest absolute Gasteiger partial charge is 0.748 e. The zero-order chi connectivity index (χ0) is 42.1. The van der Waals surface area contributed by atoms with Crippen LogP contribution in [0.2, 0.25) is 0 Å². The maximum absolute atomic E-state index is 12.5. The molecule has 6 saturated carbocycles. The Morgan fingerprint density at radius 2 is 1.06 bits per heavy atom. The van der Waals surface area contributed by atoms with E-state index in [9.17, 15) is 46.7 Å². The fourth-order valence-corrected chi connectivity index (χ4v) is 15.2. The van der Waals surface area contributed by atoms with Crippen molar-refractivity contribution in [2.75, 3.05) is 0 Å². The summed E-state index contributed by atoms with van der Waals surface area (Å²) in [4.78, 5) is 0. The van der Waals surface area contributed by atoms with Crippen molar-refractivity contribution in [2.45, 2.75) is 160 Å². The Balaban J connectivity index is 0.00000331. The predicted octanol–water partition coefficient (Wildman–Crippen LogP) is -11.2. The van der Waals surface area contributed by atoms with Crippen molar-refractivity contribution in [2.24, 2.45) is 79.3 Å². The number of hydrogen-bond acceptors (Lipinski definition) is 22. The Hall–Kier alpha value is 3.32. The first-order valence-electron chi connectivity index (χ1n) is 20.2. The van der Waals surface area contributed by atoms with E-state index in [0.717, 1.165) is 44.1 Å². The molecular weight excluding hydrogens is 937 g/mol. The van der Waals surface area contributed by atoms with Gasteiger partial charge in [0.2, 0.25) is 0 Å².